The van der Waals surface area contributed by atoms with Crippen LogP contribution in [0.3, 0.4) is 0 Å². The van der Waals surface area contributed by atoms with E-state index in [4.69, 9.17) is 0 Å². The Morgan fingerprint density at radius 1 is 1.33 bits per heavy atom. The molecule has 9 heavy (non-hydrogen) atoms. The Labute approximate surface area is 54.6 Å². The minimum absolute atomic E-state index is 0.218. The topological polar surface area (TPSA) is 37.4 Å². The molecule has 0 rings (SSSR count). The van der Waals surface area contributed by atoms with Crippen molar-refractivity contribution < 1.29 is 9.59 Å². The van der Waals surface area contributed by atoms with E-state index in [0.29, 0.717) is 0 Å². The van der Waals surface area contributed by atoms with Gasteiger partial charge in [0.05, 0.1) is 6.54 Å². The van der Waals surface area contributed by atoms with Gasteiger partial charge in [0.15, 0.2) is 5.78 Å². The van der Waals surface area contributed by atoms with Gasteiger partial charge in [-0.2, -0.15) is 0 Å². The van der Waals surface area contributed by atoms with Crippen LogP contribution < -0.4 is 0 Å². The maximum atomic E-state index is 10.6. The summed E-state index contributed by atoms with van der Waals surface area (Å²) in [4.78, 5) is 22.5. The third-order valence-electron chi connectivity index (χ3n) is 0.853. The Morgan fingerprint density at radius 2 is 1.78 bits per heavy atom. The number of Topliss-reactive ketones (excluding diaryl/α,β-unsaturated/α-hetero) is 2. The fraction of sp³-hybridized carbons (Fsp3) is 0.667. The van der Waals surface area contributed by atoms with E-state index < -0.39 is 0 Å². The van der Waals surface area contributed by atoms with Gasteiger partial charge in [-0.05, 0) is 14.1 Å². The summed E-state index contributed by atoms with van der Waals surface area (Å²) in [6.45, 7) is 1.50. The normalized spacial score (nSPS) is 9.78. The van der Waals surface area contributed by atoms with Gasteiger partial charge in [-0.15, -0.1) is 0 Å². The molecular weight excluding hydrogens is 118 g/mol. The van der Waals surface area contributed by atoms with Crippen LogP contribution in [0.25, 0.3) is 0 Å². The highest BCUT2D eigenvalue weighted by molar-refractivity contribution is 6.37. The Kier molecular flexibility index (Phi) is 3.09. The molecule has 0 aliphatic carbocycles. The van der Waals surface area contributed by atoms with Crippen molar-refractivity contribution >= 4 is 11.6 Å². The van der Waals surface area contributed by atoms with Crippen molar-refractivity contribution in [2.45, 2.75) is 6.92 Å². The molecule has 0 fully saturated rings. The molecule has 3 heteroatoms. The van der Waals surface area contributed by atoms with E-state index in [1.165, 1.54) is 6.92 Å². The van der Waals surface area contributed by atoms with Crippen molar-refractivity contribution in [1.82, 2.24) is 4.90 Å². The maximum absolute atomic E-state index is 10.6. The lowest BCUT2D eigenvalue weighted by atomic mass is 10.3. The van der Waals surface area contributed by atoms with Crippen LogP contribution in [-0.2, 0) is 9.59 Å². The van der Waals surface area contributed by atoms with Gasteiger partial charge in [0.25, 0.3) is 0 Å². The number of rotatable bonds is 3. The Morgan fingerprint density at radius 3 is 1.89 bits per heavy atom. The summed E-state index contributed by atoms with van der Waals surface area (Å²) in [7, 11) is 3.50. The van der Waals surface area contributed by atoms with Crippen molar-refractivity contribution in [2.24, 2.45) is 0 Å². The molecule has 0 aliphatic rings. The van der Waals surface area contributed by atoms with Gasteiger partial charge in [0, 0.05) is 6.92 Å². The average molecular weight is 129 g/mol. The molecule has 0 atom stereocenters. The van der Waals surface area contributed by atoms with Crippen LogP contribution in [0, 0.1) is 0 Å². The van der Waals surface area contributed by atoms with Crippen molar-refractivity contribution in [2.75, 3.05) is 20.6 Å². The molecule has 0 aromatic rings. The van der Waals surface area contributed by atoms with E-state index in [1.54, 1.807) is 19.0 Å². The number of carbonyl (C=O) groups is 2. The lowest BCUT2D eigenvalue weighted by molar-refractivity contribution is -0.135. The van der Waals surface area contributed by atoms with Gasteiger partial charge >= 0.3 is 0 Å². The fourth-order valence-corrected chi connectivity index (χ4v) is 0.399. The molecule has 0 N–H and O–H groups in total. The zero-order chi connectivity index (χ0) is 7.44. The molecule has 0 unspecified atom stereocenters. The number of ketones is 2. The lowest BCUT2D eigenvalue weighted by Gasteiger charge is -2.04. The van der Waals surface area contributed by atoms with Crippen molar-refractivity contribution in [3.63, 3.8) is 0 Å². The molecule has 0 spiro atoms. The Hall–Kier alpha value is -0.700. The largest absolute Gasteiger partial charge is 0.302 e. The van der Waals surface area contributed by atoms with Crippen LogP contribution in [0.5, 0.6) is 0 Å². The summed E-state index contributed by atoms with van der Waals surface area (Å²) in [5, 5.41) is 0. The zero-order valence-electron chi connectivity index (χ0n) is 5.97. The third kappa shape index (κ3) is 3.85. The zero-order valence-corrected chi connectivity index (χ0v) is 5.97. The van der Waals surface area contributed by atoms with Gasteiger partial charge in [-0.1, -0.05) is 0 Å². The molecule has 0 aromatic carbocycles. The standard InChI is InChI=1S/C6H11NO2/c1-5(8)6(9)4-7(2)3/h4H2,1-3H3. The fourth-order valence-electron chi connectivity index (χ4n) is 0.399. The number of hydrogen-bond acceptors (Lipinski definition) is 3. The number of carbonyl (C=O) groups excluding carboxylic acids is 2. The van der Waals surface area contributed by atoms with Gasteiger partial charge in [0.1, 0.15) is 0 Å². The monoisotopic (exact) mass is 129 g/mol. The second kappa shape index (κ2) is 3.35. The molecule has 52 valence electrons. The molecule has 0 saturated carbocycles. The summed E-state index contributed by atoms with van der Waals surface area (Å²) in [6, 6.07) is 0. The number of likely N-dealkylation sites (N-methyl/N-ethyl adjacent to an activating group) is 1. The number of nitrogens with zero attached hydrogens (tertiary/aromatic N) is 1. The minimum Gasteiger partial charge on any atom is -0.302 e. The average Bonchev–Trinajstić information content (AvgIpc) is 1.63. The van der Waals surface area contributed by atoms with E-state index >= 15 is 0 Å². The Balaban J connectivity index is 3.65. The summed E-state index contributed by atoms with van der Waals surface area (Å²) < 4.78 is 0. The molecule has 0 heterocycles. The first-order valence-electron chi connectivity index (χ1n) is 2.72. The van der Waals surface area contributed by atoms with Crippen molar-refractivity contribution in [3.05, 3.63) is 0 Å². The molecule has 0 saturated heterocycles. The molecule has 0 aromatic heterocycles. The molecule has 3 nitrogen and oxygen atoms in total. The second-order valence-electron chi connectivity index (χ2n) is 2.22. The van der Waals surface area contributed by atoms with E-state index in [1.807, 2.05) is 0 Å². The Bertz CT molecular complexity index is 129. The van der Waals surface area contributed by atoms with Crippen LogP contribution in [-0.4, -0.2) is 37.1 Å². The predicted octanol–water partition coefficient (Wildman–Crippen LogP) is -0.294. The first kappa shape index (κ1) is 8.30. The summed E-state index contributed by atoms with van der Waals surface area (Å²) in [6.07, 6.45) is 0. The maximum Gasteiger partial charge on any atom is 0.211 e. The molecule has 0 radical (unpaired) electrons. The predicted molar refractivity (Wildman–Crippen MR) is 34.2 cm³/mol. The van der Waals surface area contributed by atoms with Crippen LogP contribution in [0.1, 0.15) is 6.92 Å². The van der Waals surface area contributed by atoms with Crippen molar-refractivity contribution in [3.8, 4) is 0 Å². The first-order valence-corrected chi connectivity index (χ1v) is 2.72. The van der Waals surface area contributed by atoms with Gasteiger partial charge in [-0.3, -0.25) is 9.59 Å². The van der Waals surface area contributed by atoms with Crippen LogP contribution in [0.15, 0.2) is 0 Å². The molecule has 0 bridgehead atoms. The van der Waals surface area contributed by atoms with Gasteiger partial charge in [-0.25, -0.2) is 0 Å². The van der Waals surface area contributed by atoms with E-state index in [0.717, 1.165) is 0 Å². The quantitative estimate of drug-likeness (QED) is 0.491. The van der Waals surface area contributed by atoms with Crippen LogP contribution in [0.4, 0.5) is 0 Å². The highest BCUT2D eigenvalue weighted by atomic mass is 16.2. The second-order valence-corrected chi connectivity index (χ2v) is 2.22. The van der Waals surface area contributed by atoms with Crippen LogP contribution >= 0.6 is 0 Å². The minimum atomic E-state index is -0.372. The summed E-state index contributed by atoms with van der Waals surface area (Å²) in [5.41, 5.74) is 0. The van der Waals surface area contributed by atoms with Gasteiger partial charge in [0.2, 0.25) is 5.78 Å². The summed E-state index contributed by atoms with van der Waals surface area (Å²) >= 11 is 0. The smallest absolute Gasteiger partial charge is 0.211 e. The van der Waals surface area contributed by atoms with Gasteiger partial charge < -0.3 is 4.90 Å². The number of hydrogen-bond donors (Lipinski definition) is 0. The molecule has 0 amide bonds. The molecule has 0 aliphatic heterocycles. The summed E-state index contributed by atoms with van der Waals surface area (Å²) in [5.74, 6) is -0.705. The lowest BCUT2D eigenvalue weighted by Crippen LogP contribution is -2.26. The SMILES string of the molecule is CC(=O)C(=O)CN(C)C. The first-order chi connectivity index (χ1) is 4.04. The highest BCUT2D eigenvalue weighted by Crippen LogP contribution is 1.78. The third-order valence-corrected chi connectivity index (χ3v) is 0.853. The van der Waals surface area contributed by atoms with E-state index in [2.05, 4.69) is 0 Å². The van der Waals surface area contributed by atoms with E-state index in [9.17, 15) is 9.59 Å². The molecular formula is C6H11NO2. The van der Waals surface area contributed by atoms with Crippen LogP contribution in [0.2, 0.25) is 0 Å². The highest BCUT2D eigenvalue weighted by Gasteiger charge is 2.07. The van der Waals surface area contributed by atoms with E-state index in [-0.39, 0.29) is 18.1 Å². The van der Waals surface area contributed by atoms with Crippen molar-refractivity contribution in [1.29, 1.82) is 0 Å².